The molecule has 0 aromatic carbocycles. The lowest BCUT2D eigenvalue weighted by Crippen LogP contribution is -2.42. The van der Waals surface area contributed by atoms with Crippen molar-refractivity contribution >= 4 is 7.59 Å². The van der Waals surface area contributed by atoms with Crippen molar-refractivity contribution in [1.82, 2.24) is 14.0 Å². The molecule has 8 heteroatoms. The summed E-state index contributed by atoms with van der Waals surface area (Å²) < 4.78 is 17.1. The van der Waals surface area contributed by atoms with Crippen molar-refractivity contribution in [1.29, 1.82) is 0 Å². The molecule has 7 nitrogen and oxygen atoms in total. The van der Waals surface area contributed by atoms with E-state index in [1.807, 2.05) is 0 Å². The van der Waals surface area contributed by atoms with Crippen LogP contribution in [0.4, 0.5) is 0 Å². The molecule has 0 fully saturated rings. The molecule has 0 aliphatic carbocycles. The van der Waals surface area contributed by atoms with E-state index in [9.17, 15) is 19.9 Å². The lowest BCUT2D eigenvalue weighted by atomic mass is 10.8. The topological polar surface area (TPSA) is 87.5 Å². The standard InChI is InChI=1S/C9H24N3O4P/c1-4-10(7-13)17(16,11(5-2)8-14)12(6-3)9-15/h13-15H,4-9H2,1-3H3. The van der Waals surface area contributed by atoms with Gasteiger partial charge in [-0.05, 0) is 0 Å². The third kappa shape index (κ3) is 3.48. The summed E-state index contributed by atoms with van der Waals surface area (Å²) in [5, 5.41) is 27.8. The molecular weight excluding hydrogens is 245 g/mol. The third-order valence-corrected chi connectivity index (χ3v) is 6.13. The highest BCUT2D eigenvalue weighted by Gasteiger charge is 2.40. The quantitative estimate of drug-likeness (QED) is 0.398. The summed E-state index contributed by atoms with van der Waals surface area (Å²) in [5.41, 5.74) is 0. The SMILES string of the molecule is CCN(CO)P(=O)(N(CC)CO)N(CC)CO. The Labute approximate surface area is 103 Å². The van der Waals surface area contributed by atoms with Crippen molar-refractivity contribution in [2.45, 2.75) is 20.8 Å². The van der Waals surface area contributed by atoms with Gasteiger partial charge in [0.15, 0.2) is 0 Å². The summed E-state index contributed by atoms with van der Waals surface area (Å²) in [5.74, 6) is 0. The molecule has 0 aromatic heterocycles. The molecule has 0 atom stereocenters. The van der Waals surface area contributed by atoms with Gasteiger partial charge in [-0.15, -0.1) is 0 Å². The van der Waals surface area contributed by atoms with E-state index in [-0.39, 0.29) is 20.2 Å². The molecule has 0 bridgehead atoms. The van der Waals surface area contributed by atoms with Gasteiger partial charge in [0.2, 0.25) is 0 Å². The second-order valence-corrected chi connectivity index (χ2v) is 6.13. The Morgan fingerprint density at radius 3 is 1.12 bits per heavy atom. The molecule has 0 heterocycles. The molecule has 0 aliphatic heterocycles. The predicted molar refractivity (Wildman–Crippen MR) is 66.0 cm³/mol. The van der Waals surface area contributed by atoms with Crippen LogP contribution in [-0.4, -0.2) is 69.2 Å². The summed E-state index contributed by atoms with van der Waals surface area (Å²) in [7, 11) is -3.30. The fraction of sp³-hybridized carbons (Fsp3) is 1.00. The lowest BCUT2D eigenvalue weighted by Gasteiger charge is -2.41. The normalized spacial score (nSPS) is 13.0. The van der Waals surface area contributed by atoms with Gasteiger partial charge >= 0.3 is 0 Å². The van der Waals surface area contributed by atoms with Crippen LogP contribution in [0.15, 0.2) is 0 Å². The number of nitrogens with zero attached hydrogens (tertiary/aromatic N) is 3. The molecule has 0 radical (unpaired) electrons. The van der Waals surface area contributed by atoms with Crippen LogP contribution in [0.5, 0.6) is 0 Å². The minimum atomic E-state index is -3.30. The Balaban J connectivity index is 5.38. The number of hydrogen-bond donors (Lipinski definition) is 3. The Kier molecular flexibility index (Phi) is 8.15. The van der Waals surface area contributed by atoms with Crippen molar-refractivity contribution in [3.8, 4) is 0 Å². The molecule has 0 unspecified atom stereocenters. The average molecular weight is 269 g/mol. The fourth-order valence-corrected chi connectivity index (χ4v) is 4.31. The van der Waals surface area contributed by atoms with E-state index < -0.39 is 7.59 Å². The van der Waals surface area contributed by atoms with Gasteiger partial charge in [-0.1, -0.05) is 20.8 Å². The fourth-order valence-electron chi connectivity index (χ4n) is 1.64. The lowest BCUT2D eigenvalue weighted by molar-refractivity contribution is 0.103. The zero-order valence-corrected chi connectivity index (χ0v) is 11.7. The van der Waals surface area contributed by atoms with Gasteiger partial charge in [0.25, 0.3) is 7.59 Å². The molecule has 0 saturated heterocycles. The van der Waals surface area contributed by atoms with E-state index in [2.05, 4.69) is 0 Å². The molecule has 0 aromatic rings. The van der Waals surface area contributed by atoms with Gasteiger partial charge in [-0.3, -0.25) is 4.57 Å². The van der Waals surface area contributed by atoms with E-state index in [0.29, 0.717) is 19.6 Å². The second-order valence-electron chi connectivity index (χ2n) is 3.41. The van der Waals surface area contributed by atoms with Crippen LogP contribution in [0.1, 0.15) is 20.8 Å². The second kappa shape index (κ2) is 8.16. The maximum atomic E-state index is 13.0. The molecule has 0 saturated carbocycles. The molecule has 3 N–H and O–H groups in total. The maximum absolute atomic E-state index is 13.0. The van der Waals surface area contributed by atoms with Gasteiger partial charge < -0.3 is 15.3 Å². The first-order chi connectivity index (χ1) is 8.06. The van der Waals surface area contributed by atoms with Crippen molar-refractivity contribution in [3.05, 3.63) is 0 Å². The van der Waals surface area contributed by atoms with Gasteiger partial charge in [-0.2, -0.15) is 0 Å². The highest BCUT2D eigenvalue weighted by Crippen LogP contribution is 2.55. The van der Waals surface area contributed by atoms with Crippen molar-refractivity contribution in [2.24, 2.45) is 0 Å². The molecule has 0 aliphatic rings. The van der Waals surface area contributed by atoms with Gasteiger partial charge in [-0.25, -0.2) is 14.0 Å². The minimum absolute atomic E-state index is 0.362. The zero-order valence-electron chi connectivity index (χ0n) is 10.8. The Morgan fingerprint density at radius 2 is 1.00 bits per heavy atom. The zero-order chi connectivity index (χ0) is 13.5. The van der Waals surface area contributed by atoms with Crippen LogP contribution in [0, 0.1) is 0 Å². The first-order valence-corrected chi connectivity index (χ1v) is 7.32. The number of rotatable bonds is 9. The largest absolute Gasteiger partial charge is 0.381 e. The van der Waals surface area contributed by atoms with Crippen LogP contribution in [0.3, 0.4) is 0 Å². The smallest absolute Gasteiger partial charge is 0.292 e. The molecular formula is C9H24N3O4P. The Morgan fingerprint density at radius 1 is 0.765 bits per heavy atom. The summed E-state index contributed by atoms with van der Waals surface area (Å²) in [6.45, 7) is 5.21. The van der Waals surface area contributed by atoms with E-state index >= 15 is 0 Å². The van der Waals surface area contributed by atoms with Gasteiger partial charge in [0, 0.05) is 19.6 Å². The maximum Gasteiger partial charge on any atom is 0.292 e. The van der Waals surface area contributed by atoms with Crippen LogP contribution in [0.25, 0.3) is 0 Å². The molecule has 0 spiro atoms. The highest BCUT2D eigenvalue weighted by atomic mass is 31.2. The van der Waals surface area contributed by atoms with Gasteiger partial charge in [0.1, 0.15) is 20.2 Å². The summed E-state index contributed by atoms with van der Waals surface area (Å²) >= 11 is 0. The summed E-state index contributed by atoms with van der Waals surface area (Å²) in [6.07, 6.45) is 0. The van der Waals surface area contributed by atoms with Crippen molar-refractivity contribution in [3.63, 3.8) is 0 Å². The van der Waals surface area contributed by atoms with Crippen LogP contribution in [0.2, 0.25) is 0 Å². The Bertz CT molecular complexity index is 204. The molecule has 17 heavy (non-hydrogen) atoms. The van der Waals surface area contributed by atoms with Crippen molar-refractivity contribution < 1.29 is 19.9 Å². The number of aliphatic hydroxyl groups excluding tert-OH is 3. The Hall–Kier alpha value is -0.0100. The molecule has 104 valence electrons. The van der Waals surface area contributed by atoms with Crippen LogP contribution >= 0.6 is 7.59 Å². The van der Waals surface area contributed by atoms with E-state index in [0.717, 1.165) is 0 Å². The third-order valence-electron chi connectivity index (χ3n) is 2.69. The van der Waals surface area contributed by atoms with E-state index in [1.54, 1.807) is 20.8 Å². The van der Waals surface area contributed by atoms with E-state index in [4.69, 9.17) is 0 Å². The van der Waals surface area contributed by atoms with E-state index in [1.165, 1.54) is 14.0 Å². The predicted octanol–water partition coefficient (Wildman–Crippen LogP) is -0.0904. The summed E-state index contributed by atoms with van der Waals surface area (Å²) in [6, 6.07) is 0. The van der Waals surface area contributed by atoms with Crippen LogP contribution in [-0.2, 0) is 4.57 Å². The highest BCUT2D eigenvalue weighted by molar-refractivity contribution is 7.56. The average Bonchev–Trinajstić information content (AvgIpc) is 2.33. The molecule has 0 rings (SSSR count). The first-order valence-electron chi connectivity index (χ1n) is 5.75. The van der Waals surface area contributed by atoms with Crippen molar-refractivity contribution in [2.75, 3.05) is 39.8 Å². The monoisotopic (exact) mass is 269 g/mol. The molecule has 0 amide bonds. The number of aliphatic hydroxyl groups is 3. The van der Waals surface area contributed by atoms with Gasteiger partial charge in [0.05, 0.1) is 0 Å². The minimum Gasteiger partial charge on any atom is -0.381 e. The number of hydrogen-bond acceptors (Lipinski definition) is 4. The summed E-state index contributed by atoms with van der Waals surface area (Å²) in [4.78, 5) is 0. The first kappa shape index (κ1) is 17.0. The van der Waals surface area contributed by atoms with Crippen LogP contribution < -0.4 is 0 Å².